The third-order valence-corrected chi connectivity index (χ3v) is 4.65. The smallest absolute Gasteiger partial charge is 0.433 e. The number of anilines is 1. The van der Waals surface area contributed by atoms with Gasteiger partial charge in [-0.2, -0.15) is 13.2 Å². The van der Waals surface area contributed by atoms with Crippen LogP contribution in [-0.4, -0.2) is 29.1 Å². The number of ether oxygens (including phenoxy) is 1. The highest BCUT2D eigenvalue weighted by Gasteiger charge is 2.32. The highest BCUT2D eigenvalue weighted by molar-refractivity contribution is 5.94. The molecule has 0 spiro atoms. The van der Waals surface area contributed by atoms with Gasteiger partial charge in [-0.15, -0.1) is 0 Å². The van der Waals surface area contributed by atoms with Crippen LogP contribution in [-0.2, 0) is 6.18 Å². The largest absolute Gasteiger partial charge is 0.497 e. The zero-order valence-electron chi connectivity index (χ0n) is 16.2. The molecule has 8 heteroatoms. The van der Waals surface area contributed by atoms with Crippen LogP contribution in [0.4, 0.5) is 19.0 Å². The number of nitrogens with one attached hydrogen (secondary N) is 1. The molecule has 5 nitrogen and oxygen atoms in total. The third-order valence-electron chi connectivity index (χ3n) is 4.65. The van der Waals surface area contributed by atoms with Crippen LogP contribution in [0, 0.1) is 0 Å². The quantitative estimate of drug-likeness (QED) is 0.486. The van der Waals surface area contributed by atoms with Gasteiger partial charge in [-0.05, 0) is 47.5 Å². The Morgan fingerprint density at radius 1 is 0.900 bits per heavy atom. The zero-order valence-corrected chi connectivity index (χ0v) is 16.2. The first-order valence-electron chi connectivity index (χ1n) is 9.06. The first-order chi connectivity index (χ1) is 14.4. The Hall–Kier alpha value is -3.68. The second kappa shape index (κ2) is 7.62. The zero-order chi connectivity index (χ0) is 21.3. The summed E-state index contributed by atoms with van der Waals surface area (Å²) in [5, 5.41) is 3.83. The van der Waals surface area contributed by atoms with Crippen LogP contribution in [0.15, 0.2) is 60.8 Å². The summed E-state index contributed by atoms with van der Waals surface area (Å²) in [6.07, 6.45) is -3.36. The molecule has 30 heavy (non-hydrogen) atoms. The predicted octanol–water partition coefficient (Wildman–Crippen LogP) is 5.43. The van der Waals surface area contributed by atoms with Crippen LogP contribution in [0.5, 0.6) is 5.75 Å². The van der Waals surface area contributed by atoms with Crippen LogP contribution >= 0.6 is 0 Å². The molecule has 2 aromatic carbocycles. The molecule has 4 aromatic rings. The van der Waals surface area contributed by atoms with Gasteiger partial charge in [0.25, 0.3) is 0 Å². The van der Waals surface area contributed by atoms with Gasteiger partial charge in [0, 0.05) is 24.2 Å². The van der Waals surface area contributed by atoms with Crippen molar-refractivity contribution in [2.75, 3.05) is 19.5 Å². The van der Waals surface area contributed by atoms with Crippen molar-refractivity contribution in [3.63, 3.8) is 0 Å². The van der Waals surface area contributed by atoms with E-state index in [0.29, 0.717) is 22.7 Å². The van der Waals surface area contributed by atoms with Gasteiger partial charge in [0.1, 0.15) is 17.3 Å². The summed E-state index contributed by atoms with van der Waals surface area (Å²) in [6.45, 7) is 0. The van der Waals surface area contributed by atoms with Crippen LogP contribution in [0.2, 0.25) is 0 Å². The van der Waals surface area contributed by atoms with Crippen molar-refractivity contribution in [2.24, 2.45) is 0 Å². The van der Waals surface area contributed by atoms with E-state index in [9.17, 15) is 13.2 Å². The SMILES string of the molecule is CNc1nc(-c2ccc(C(F)(F)F)nc2)nc2ccc(-c3cccc(OC)c3)cc12. The average Bonchev–Trinajstić information content (AvgIpc) is 2.77. The molecule has 2 heterocycles. The standard InChI is InChI=1S/C22H17F3N4O/c1-26-21-17-11-14(13-4-3-5-16(10-13)30-2)6-8-18(17)28-20(29-21)15-7-9-19(27-12-15)22(23,24)25/h3-12H,1-2H3,(H,26,28,29). The first-order valence-corrected chi connectivity index (χ1v) is 9.06. The molecule has 0 saturated heterocycles. The Morgan fingerprint density at radius 2 is 1.67 bits per heavy atom. The van der Waals surface area contributed by atoms with Crippen molar-refractivity contribution < 1.29 is 17.9 Å². The van der Waals surface area contributed by atoms with Crippen LogP contribution in [0.25, 0.3) is 33.4 Å². The molecule has 0 radical (unpaired) electrons. The molecule has 0 amide bonds. The number of hydrogen-bond acceptors (Lipinski definition) is 5. The Balaban J connectivity index is 1.78. The van der Waals surface area contributed by atoms with Crippen molar-refractivity contribution >= 4 is 16.7 Å². The Labute approximate surface area is 170 Å². The van der Waals surface area contributed by atoms with Gasteiger partial charge < -0.3 is 10.1 Å². The topological polar surface area (TPSA) is 59.9 Å². The fraction of sp³-hybridized carbons (Fsp3) is 0.136. The summed E-state index contributed by atoms with van der Waals surface area (Å²) in [7, 11) is 3.35. The van der Waals surface area contributed by atoms with E-state index in [1.165, 1.54) is 6.07 Å². The van der Waals surface area contributed by atoms with E-state index in [1.807, 2.05) is 42.5 Å². The minimum absolute atomic E-state index is 0.294. The first kappa shape index (κ1) is 19.6. The molecular formula is C22H17F3N4O. The number of pyridine rings is 1. The normalized spacial score (nSPS) is 11.5. The molecule has 0 aliphatic carbocycles. The molecule has 4 rings (SSSR count). The summed E-state index contributed by atoms with van der Waals surface area (Å²) >= 11 is 0. The summed E-state index contributed by atoms with van der Waals surface area (Å²) in [4.78, 5) is 12.5. The van der Waals surface area contributed by atoms with Crippen LogP contribution < -0.4 is 10.1 Å². The number of alkyl halides is 3. The molecule has 0 unspecified atom stereocenters. The lowest BCUT2D eigenvalue weighted by Gasteiger charge is -2.11. The molecule has 0 atom stereocenters. The van der Waals surface area contributed by atoms with Gasteiger partial charge in [0.05, 0.1) is 12.6 Å². The maximum atomic E-state index is 12.8. The van der Waals surface area contributed by atoms with Gasteiger partial charge in [-0.1, -0.05) is 18.2 Å². The average molecular weight is 410 g/mol. The summed E-state index contributed by atoms with van der Waals surface area (Å²) in [5.74, 6) is 1.62. The van der Waals surface area contributed by atoms with Gasteiger partial charge in [0.2, 0.25) is 0 Å². The van der Waals surface area contributed by atoms with Crippen LogP contribution in [0.3, 0.4) is 0 Å². The number of hydrogen-bond donors (Lipinski definition) is 1. The Bertz CT molecular complexity index is 1210. The number of fused-ring (bicyclic) bond motifs is 1. The van der Waals surface area contributed by atoms with Gasteiger partial charge in [-0.3, -0.25) is 4.98 Å². The number of aromatic nitrogens is 3. The van der Waals surface area contributed by atoms with E-state index in [-0.39, 0.29) is 0 Å². The Kier molecular flexibility index (Phi) is 4.99. The van der Waals surface area contributed by atoms with Crippen molar-refractivity contribution in [2.45, 2.75) is 6.18 Å². The number of rotatable bonds is 4. The predicted molar refractivity (Wildman–Crippen MR) is 109 cm³/mol. The van der Waals surface area contributed by atoms with Crippen molar-refractivity contribution in [1.82, 2.24) is 15.0 Å². The van der Waals surface area contributed by atoms with Gasteiger partial charge in [-0.25, -0.2) is 9.97 Å². The molecule has 0 aliphatic rings. The molecular weight excluding hydrogens is 393 g/mol. The van der Waals surface area contributed by atoms with E-state index in [4.69, 9.17) is 4.74 Å². The minimum Gasteiger partial charge on any atom is -0.497 e. The lowest BCUT2D eigenvalue weighted by atomic mass is 10.0. The van der Waals surface area contributed by atoms with Crippen molar-refractivity contribution in [1.29, 1.82) is 0 Å². The molecule has 0 saturated carbocycles. The number of benzene rings is 2. The van der Waals surface area contributed by atoms with Crippen molar-refractivity contribution in [3.05, 3.63) is 66.5 Å². The molecule has 152 valence electrons. The second-order valence-corrected chi connectivity index (χ2v) is 6.54. The van der Waals surface area contributed by atoms with Gasteiger partial charge in [0.15, 0.2) is 5.82 Å². The molecule has 0 fully saturated rings. The van der Waals surface area contributed by atoms with E-state index >= 15 is 0 Å². The molecule has 0 bridgehead atoms. The maximum Gasteiger partial charge on any atom is 0.433 e. The minimum atomic E-state index is -4.49. The molecule has 1 N–H and O–H groups in total. The van der Waals surface area contributed by atoms with Crippen molar-refractivity contribution in [3.8, 4) is 28.3 Å². The van der Waals surface area contributed by atoms with E-state index in [2.05, 4.69) is 20.3 Å². The number of methoxy groups -OCH3 is 1. The second-order valence-electron chi connectivity index (χ2n) is 6.54. The summed E-state index contributed by atoms with van der Waals surface area (Å²) in [6, 6.07) is 15.7. The van der Waals surface area contributed by atoms with E-state index in [0.717, 1.165) is 34.5 Å². The number of halogens is 3. The fourth-order valence-electron chi connectivity index (χ4n) is 3.12. The fourth-order valence-corrected chi connectivity index (χ4v) is 3.12. The lowest BCUT2D eigenvalue weighted by Crippen LogP contribution is -2.07. The highest BCUT2D eigenvalue weighted by atomic mass is 19.4. The lowest BCUT2D eigenvalue weighted by molar-refractivity contribution is -0.141. The summed E-state index contributed by atoms with van der Waals surface area (Å²) in [5.41, 5.74) is 2.05. The third kappa shape index (κ3) is 3.76. The monoisotopic (exact) mass is 410 g/mol. The number of nitrogens with zero attached hydrogens (tertiary/aromatic N) is 3. The summed E-state index contributed by atoms with van der Waals surface area (Å²) < 4.78 is 43.6. The molecule has 0 aliphatic heterocycles. The Morgan fingerprint density at radius 3 is 2.33 bits per heavy atom. The van der Waals surface area contributed by atoms with E-state index < -0.39 is 11.9 Å². The van der Waals surface area contributed by atoms with Crippen LogP contribution in [0.1, 0.15) is 5.69 Å². The maximum absolute atomic E-state index is 12.8. The highest BCUT2D eigenvalue weighted by Crippen LogP contribution is 2.32. The molecule has 2 aromatic heterocycles. The van der Waals surface area contributed by atoms with Gasteiger partial charge >= 0.3 is 6.18 Å². The van der Waals surface area contributed by atoms with E-state index in [1.54, 1.807) is 14.2 Å².